The second-order valence-corrected chi connectivity index (χ2v) is 9.59. The van der Waals surface area contributed by atoms with Crippen LogP contribution in [0.4, 0.5) is 23.2 Å². The average molecular weight is 565 g/mol. The Kier molecular flexibility index (Phi) is 9.17. The van der Waals surface area contributed by atoms with Crippen LogP contribution in [0.3, 0.4) is 0 Å². The molecule has 0 aliphatic heterocycles. The number of benzene rings is 1. The van der Waals surface area contributed by atoms with E-state index in [1.807, 2.05) is 0 Å². The van der Waals surface area contributed by atoms with Gasteiger partial charge in [-0.2, -0.15) is 0 Å². The van der Waals surface area contributed by atoms with E-state index < -0.39 is 24.2 Å². The number of nitrogens with zero attached hydrogens (tertiary/aromatic N) is 4. The van der Waals surface area contributed by atoms with E-state index in [1.165, 1.54) is 35.2 Å². The van der Waals surface area contributed by atoms with Crippen molar-refractivity contribution in [1.82, 2.24) is 24.9 Å². The lowest BCUT2D eigenvalue weighted by molar-refractivity contribution is -0.274. The van der Waals surface area contributed by atoms with Crippen molar-refractivity contribution < 1.29 is 31.9 Å². The third kappa shape index (κ3) is 8.64. The van der Waals surface area contributed by atoms with Gasteiger partial charge in [0.05, 0.1) is 12.7 Å². The van der Waals surface area contributed by atoms with Crippen LogP contribution in [0.2, 0.25) is 0 Å². The summed E-state index contributed by atoms with van der Waals surface area (Å²) in [5.41, 5.74) is 0.300. The first kappa shape index (κ1) is 28.8. The third-order valence-electron chi connectivity index (χ3n) is 6.40. The highest BCUT2D eigenvalue weighted by Crippen LogP contribution is 2.29. The number of rotatable bonds is 12. The highest BCUT2D eigenvalue weighted by molar-refractivity contribution is 5.92. The number of amides is 2. The standard InChI is InChI=1S/C26H28F4N6O4/c27-19(7-9-35-10-8-20(13-24(35)38)32-23(37)12-17-3-1-4-17)15-36-16-22(33-34-36)25(39)31-14-18-5-2-6-21(11-18)40-26(28,29)30/h2,5-6,8,10-11,13,16-17,19H,1,3-4,7,9,12,14-15H2,(H,31,39)(H,32,37). The molecule has 1 atom stereocenters. The van der Waals surface area contributed by atoms with Gasteiger partial charge in [0.25, 0.3) is 11.5 Å². The van der Waals surface area contributed by atoms with Gasteiger partial charge in [0.2, 0.25) is 5.91 Å². The number of hydrogen-bond acceptors (Lipinski definition) is 6. The number of halogens is 4. The molecule has 40 heavy (non-hydrogen) atoms. The Balaban J connectivity index is 1.22. The molecule has 4 rings (SSSR count). The molecule has 1 aliphatic rings. The van der Waals surface area contributed by atoms with Crippen LogP contribution in [0.15, 0.2) is 53.6 Å². The van der Waals surface area contributed by atoms with Crippen LogP contribution in [-0.4, -0.2) is 43.9 Å². The number of anilines is 1. The van der Waals surface area contributed by atoms with Gasteiger partial charge in [-0.3, -0.25) is 14.4 Å². The number of ether oxygens (including phenoxy) is 1. The van der Waals surface area contributed by atoms with Gasteiger partial charge in [0.1, 0.15) is 11.9 Å². The Morgan fingerprint density at radius 1 is 1.18 bits per heavy atom. The number of carbonyl (C=O) groups is 2. The lowest BCUT2D eigenvalue weighted by atomic mass is 9.83. The largest absolute Gasteiger partial charge is 0.573 e. The van der Waals surface area contributed by atoms with E-state index in [4.69, 9.17) is 0 Å². The van der Waals surface area contributed by atoms with Gasteiger partial charge in [-0.05, 0) is 48.9 Å². The summed E-state index contributed by atoms with van der Waals surface area (Å²) in [6, 6.07) is 8.05. The Labute approximate surface area is 226 Å². The predicted molar refractivity (Wildman–Crippen MR) is 135 cm³/mol. The molecule has 2 aromatic heterocycles. The fraction of sp³-hybridized carbons (Fsp3) is 0.423. The van der Waals surface area contributed by atoms with Crippen molar-refractivity contribution in [2.45, 2.75) is 64.3 Å². The smallest absolute Gasteiger partial charge is 0.406 e. The zero-order valence-corrected chi connectivity index (χ0v) is 21.4. The van der Waals surface area contributed by atoms with E-state index in [9.17, 15) is 31.9 Å². The molecular formula is C26H28F4N6O4. The van der Waals surface area contributed by atoms with Crippen LogP contribution in [0.25, 0.3) is 0 Å². The number of pyridine rings is 1. The Morgan fingerprint density at radius 3 is 2.67 bits per heavy atom. The molecule has 0 radical (unpaired) electrons. The van der Waals surface area contributed by atoms with Crippen molar-refractivity contribution in [3.8, 4) is 5.75 Å². The zero-order chi connectivity index (χ0) is 28.7. The number of alkyl halides is 4. The topological polar surface area (TPSA) is 120 Å². The third-order valence-corrected chi connectivity index (χ3v) is 6.40. The first-order valence-electron chi connectivity index (χ1n) is 12.7. The summed E-state index contributed by atoms with van der Waals surface area (Å²) in [6.07, 6.45) is 0.176. The van der Waals surface area contributed by atoms with Crippen LogP contribution < -0.4 is 20.9 Å². The van der Waals surface area contributed by atoms with E-state index in [0.29, 0.717) is 23.6 Å². The Hall–Kier alpha value is -4.23. The Morgan fingerprint density at radius 2 is 1.98 bits per heavy atom. The van der Waals surface area contributed by atoms with Gasteiger partial charge < -0.3 is 19.9 Å². The maximum atomic E-state index is 14.6. The van der Waals surface area contributed by atoms with Gasteiger partial charge >= 0.3 is 6.36 Å². The van der Waals surface area contributed by atoms with Gasteiger partial charge in [-0.25, -0.2) is 9.07 Å². The molecule has 2 amide bonds. The first-order valence-corrected chi connectivity index (χ1v) is 12.7. The summed E-state index contributed by atoms with van der Waals surface area (Å²) in [5, 5.41) is 12.7. The minimum Gasteiger partial charge on any atom is -0.406 e. The Bertz CT molecular complexity index is 1390. The fourth-order valence-corrected chi connectivity index (χ4v) is 4.13. The molecule has 0 spiro atoms. The molecular weight excluding hydrogens is 536 g/mol. The van der Waals surface area contributed by atoms with Crippen LogP contribution in [-0.2, 0) is 24.4 Å². The molecule has 1 fully saturated rings. The van der Waals surface area contributed by atoms with Crippen LogP contribution in [0.5, 0.6) is 5.75 Å². The molecule has 1 saturated carbocycles. The second kappa shape index (κ2) is 12.7. The molecule has 0 bridgehead atoms. The van der Waals surface area contributed by atoms with E-state index in [0.717, 1.165) is 36.1 Å². The molecule has 10 nitrogen and oxygen atoms in total. The van der Waals surface area contributed by atoms with Gasteiger partial charge in [-0.15, -0.1) is 18.3 Å². The molecule has 1 unspecified atom stereocenters. The monoisotopic (exact) mass is 564 g/mol. The van der Waals surface area contributed by atoms with Crippen molar-refractivity contribution in [1.29, 1.82) is 0 Å². The number of hydrogen-bond donors (Lipinski definition) is 2. The van der Waals surface area contributed by atoms with Gasteiger partial charge in [-0.1, -0.05) is 23.8 Å². The van der Waals surface area contributed by atoms with E-state index in [2.05, 4.69) is 25.7 Å². The lowest BCUT2D eigenvalue weighted by Crippen LogP contribution is -2.24. The molecule has 1 aromatic carbocycles. The van der Waals surface area contributed by atoms with Crippen molar-refractivity contribution in [3.05, 3.63) is 70.4 Å². The highest BCUT2D eigenvalue weighted by Gasteiger charge is 2.31. The summed E-state index contributed by atoms with van der Waals surface area (Å²) in [5.74, 6) is -0.778. The summed E-state index contributed by atoms with van der Waals surface area (Å²) < 4.78 is 58.1. The fourth-order valence-electron chi connectivity index (χ4n) is 4.13. The molecule has 14 heteroatoms. The number of carbonyl (C=O) groups excluding carboxylic acids is 2. The SMILES string of the molecule is O=C(CC1CCC1)Nc1ccn(CCC(F)Cn2cc(C(=O)NCc3cccc(OC(F)(F)F)c3)nn2)c(=O)c1. The van der Waals surface area contributed by atoms with Crippen molar-refractivity contribution >= 4 is 17.5 Å². The number of aryl methyl sites for hydroxylation is 1. The number of nitrogens with one attached hydrogen (secondary N) is 2. The zero-order valence-electron chi connectivity index (χ0n) is 21.4. The molecule has 2 N–H and O–H groups in total. The molecule has 214 valence electrons. The second-order valence-electron chi connectivity index (χ2n) is 9.59. The van der Waals surface area contributed by atoms with Crippen LogP contribution in [0.1, 0.15) is 48.2 Å². The van der Waals surface area contributed by atoms with Crippen LogP contribution >= 0.6 is 0 Å². The maximum Gasteiger partial charge on any atom is 0.573 e. The summed E-state index contributed by atoms with van der Waals surface area (Å²) in [6.45, 7) is -0.207. The highest BCUT2D eigenvalue weighted by atomic mass is 19.4. The van der Waals surface area contributed by atoms with Gasteiger partial charge in [0.15, 0.2) is 5.69 Å². The van der Waals surface area contributed by atoms with Crippen molar-refractivity contribution in [2.75, 3.05) is 5.32 Å². The van der Waals surface area contributed by atoms with E-state index in [-0.39, 0.29) is 43.2 Å². The van der Waals surface area contributed by atoms with Crippen molar-refractivity contribution in [3.63, 3.8) is 0 Å². The van der Waals surface area contributed by atoms with E-state index >= 15 is 0 Å². The first-order chi connectivity index (χ1) is 19.0. The maximum absolute atomic E-state index is 14.6. The summed E-state index contributed by atoms with van der Waals surface area (Å²) >= 11 is 0. The van der Waals surface area contributed by atoms with Crippen molar-refractivity contribution in [2.24, 2.45) is 5.92 Å². The van der Waals surface area contributed by atoms with Crippen LogP contribution in [0, 0.1) is 5.92 Å². The predicted octanol–water partition coefficient (Wildman–Crippen LogP) is 3.83. The normalized spacial score (nSPS) is 14.3. The summed E-state index contributed by atoms with van der Waals surface area (Å²) in [7, 11) is 0. The summed E-state index contributed by atoms with van der Waals surface area (Å²) in [4.78, 5) is 36.8. The number of aromatic nitrogens is 4. The minimum atomic E-state index is -4.83. The molecule has 0 saturated heterocycles. The molecule has 1 aliphatic carbocycles. The van der Waals surface area contributed by atoms with Gasteiger partial charge in [0, 0.05) is 37.5 Å². The average Bonchev–Trinajstić information content (AvgIpc) is 3.32. The minimum absolute atomic E-state index is 0.00891. The molecule has 2 heterocycles. The van der Waals surface area contributed by atoms with E-state index in [1.54, 1.807) is 6.07 Å². The quantitative estimate of drug-likeness (QED) is 0.323. The molecule has 3 aromatic rings. The lowest BCUT2D eigenvalue weighted by Gasteiger charge is -2.24.